The summed E-state index contributed by atoms with van der Waals surface area (Å²) in [5.41, 5.74) is 1.23. The van der Waals surface area contributed by atoms with E-state index in [1.165, 1.54) is 5.56 Å². The van der Waals surface area contributed by atoms with Crippen LogP contribution >= 0.6 is 0 Å². The van der Waals surface area contributed by atoms with E-state index in [1.807, 2.05) is 31.2 Å². The highest BCUT2D eigenvalue weighted by atomic mass is 16.5. The molecule has 0 aliphatic rings. The molecule has 1 aromatic carbocycles. The van der Waals surface area contributed by atoms with Crippen LogP contribution in [0.15, 0.2) is 24.3 Å². The van der Waals surface area contributed by atoms with Crippen molar-refractivity contribution in [3.05, 3.63) is 29.8 Å². The Bertz CT molecular complexity index is 198. The molecule has 1 nitrogen and oxygen atoms in total. The first kappa shape index (κ1) is 6.14. The van der Waals surface area contributed by atoms with Crippen LogP contribution in [0.3, 0.4) is 0 Å². The molecule has 1 aromatic rings. The lowest BCUT2D eigenvalue weighted by Gasteiger charge is -1.97. The third kappa shape index (κ3) is 1.46. The van der Waals surface area contributed by atoms with E-state index in [2.05, 4.69) is 0 Å². The van der Waals surface area contributed by atoms with E-state index >= 15 is 0 Å². The lowest BCUT2D eigenvalue weighted by molar-refractivity contribution is 0.414. The van der Waals surface area contributed by atoms with Gasteiger partial charge in [-0.25, -0.2) is 0 Å². The largest absolute Gasteiger partial charge is 0.497 e. The minimum Gasteiger partial charge on any atom is -0.497 e. The predicted molar refractivity (Wildman–Crippen MR) is 39.8 cm³/mol. The van der Waals surface area contributed by atoms with Crippen LogP contribution in [0.1, 0.15) is 6.99 Å². The maximum atomic E-state index is 5.00. The molecule has 50 valence electrons. The van der Waals surface area contributed by atoms with Gasteiger partial charge in [-0.3, -0.25) is 0 Å². The normalized spacial score (nSPS) is 9.11. The van der Waals surface area contributed by atoms with Gasteiger partial charge in [0, 0.05) is 1.43 Å². The number of methoxy groups -OCH3 is 1. The SMILES string of the molecule is COc1cccc(C)c1.[HH]. The second-order valence-electron chi connectivity index (χ2n) is 2.02. The van der Waals surface area contributed by atoms with Crippen molar-refractivity contribution in [1.82, 2.24) is 0 Å². The molecule has 0 saturated heterocycles. The summed E-state index contributed by atoms with van der Waals surface area (Å²) in [5.74, 6) is 0.926. The summed E-state index contributed by atoms with van der Waals surface area (Å²) in [6.07, 6.45) is 0. The van der Waals surface area contributed by atoms with E-state index in [9.17, 15) is 0 Å². The van der Waals surface area contributed by atoms with Crippen molar-refractivity contribution in [2.24, 2.45) is 0 Å². The van der Waals surface area contributed by atoms with E-state index in [-0.39, 0.29) is 1.43 Å². The van der Waals surface area contributed by atoms with Crippen LogP contribution in [0.5, 0.6) is 5.75 Å². The number of aryl methyl sites for hydroxylation is 1. The zero-order valence-electron chi connectivity index (χ0n) is 5.72. The Kier molecular flexibility index (Phi) is 1.73. The number of benzene rings is 1. The molecule has 0 unspecified atom stereocenters. The molecule has 0 fully saturated rings. The van der Waals surface area contributed by atoms with Gasteiger partial charge in [0.25, 0.3) is 0 Å². The molecule has 1 rings (SSSR count). The van der Waals surface area contributed by atoms with Gasteiger partial charge in [0.2, 0.25) is 0 Å². The first-order valence-corrected chi connectivity index (χ1v) is 2.93. The van der Waals surface area contributed by atoms with E-state index < -0.39 is 0 Å². The van der Waals surface area contributed by atoms with Gasteiger partial charge >= 0.3 is 0 Å². The summed E-state index contributed by atoms with van der Waals surface area (Å²) in [7, 11) is 1.68. The van der Waals surface area contributed by atoms with E-state index in [4.69, 9.17) is 4.74 Å². The lowest BCUT2D eigenvalue weighted by atomic mass is 10.2. The fourth-order valence-corrected chi connectivity index (χ4v) is 0.742. The maximum absolute atomic E-state index is 5.00. The molecule has 0 heterocycles. The summed E-state index contributed by atoms with van der Waals surface area (Å²) < 4.78 is 5.00. The molecule has 0 spiro atoms. The van der Waals surface area contributed by atoms with Gasteiger partial charge in [-0.2, -0.15) is 0 Å². The van der Waals surface area contributed by atoms with Gasteiger partial charge in [-0.15, -0.1) is 0 Å². The van der Waals surface area contributed by atoms with Crippen molar-refractivity contribution in [2.45, 2.75) is 6.92 Å². The van der Waals surface area contributed by atoms with Gasteiger partial charge in [0.15, 0.2) is 0 Å². The Labute approximate surface area is 56.8 Å². The quantitative estimate of drug-likeness (QED) is 0.558. The van der Waals surface area contributed by atoms with Crippen LogP contribution in [-0.4, -0.2) is 7.11 Å². The fraction of sp³-hybridized carbons (Fsp3) is 0.250. The summed E-state index contributed by atoms with van der Waals surface area (Å²) >= 11 is 0. The molecular weight excluding hydrogens is 112 g/mol. The second kappa shape index (κ2) is 2.53. The Hall–Kier alpha value is -0.980. The van der Waals surface area contributed by atoms with Crippen LogP contribution in [0, 0.1) is 6.92 Å². The standard InChI is InChI=1S/C8H10O.H2/c1-7-4-3-5-8(6-7)9-2;/h3-6H,1-2H3;1H. The van der Waals surface area contributed by atoms with Gasteiger partial charge in [0.05, 0.1) is 7.11 Å². The fourth-order valence-electron chi connectivity index (χ4n) is 0.742. The predicted octanol–water partition coefficient (Wildman–Crippen LogP) is 2.25. The molecular formula is C8H12O. The lowest BCUT2D eigenvalue weighted by Crippen LogP contribution is -1.81. The summed E-state index contributed by atoms with van der Waals surface area (Å²) in [6, 6.07) is 7.96. The molecule has 0 N–H and O–H groups in total. The number of ether oxygens (including phenoxy) is 1. The van der Waals surface area contributed by atoms with Crippen molar-refractivity contribution in [3.8, 4) is 5.75 Å². The van der Waals surface area contributed by atoms with E-state index in [0.29, 0.717) is 0 Å². The van der Waals surface area contributed by atoms with Gasteiger partial charge in [-0.05, 0) is 24.6 Å². The second-order valence-corrected chi connectivity index (χ2v) is 2.02. The molecule has 0 radical (unpaired) electrons. The van der Waals surface area contributed by atoms with Crippen molar-refractivity contribution in [2.75, 3.05) is 7.11 Å². The Morgan fingerprint density at radius 3 is 2.67 bits per heavy atom. The topological polar surface area (TPSA) is 9.23 Å². The molecule has 0 aliphatic carbocycles. The van der Waals surface area contributed by atoms with Crippen molar-refractivity contribution < 1.29 is 6.16 Å². The van der Waals surface area contributed by atoms with E-state index in [1.54, 1.807) is 7.11 Å². The average molecular weight is 124 g/mol. The van der Waals surface area contributed by atoms with Crippen LogP contribution in [0.2, 0.25) is 0 Å². The summed E-state index contributed by atoms with van der Waals surface area (Å²) in [5, 5.41) is 0. The Morgan fingerprint density at radius 1 is 1.44 bits per heavy atom. The first-order valence-electron chi connectivity index (χ1n) is 2.93. The minimum atomic E-state index is 0. The number of hydrogen-bond donors (Lipinski definition) is 0. The molecule has 9 heavy (non-hydrogen) atoms. The van der Waals surface area contributed by atoms with Crippen molar-refractivity contribution in [1.29, 1.82) is 0 Å². The molecule has 0 bridgehead atoms. The maximum Gasteiger partial charge on any atom is 0.119 e. The Balaban J connectivity index is 0.000000810. The third-order valence-corrected chi connectivity index (χ3v) is 1.23. The zero-order valence-corrected chi connectivity index (χ0v) is 5.72. The van der Waals surface area contributed by atoms with Crippen LogP contribution < -0.4 is 4.74 Å². The molecule has 0 atom stereocenters. The number of rotatable bonds is 1. The minimum absolute atomic E-state index is 0. The highest BCUT2D eigenvalue weighted by Gasteiger charge is 1.86. The van der Waals surface area contributed by atoms with Gasteiger partial charge in [-0.1, -0.05) is 12.1 Å². The molecule has 1 heteroatoms. The number of hydrogen-bond acceptors (Lipinski definition) is 1. The summed E-state index contributed by atoms with van der Waals surface area (Å²) in [4.78, 5) is 0. The van der Waals surface area contributed by atoms with Crippen LogP contribution in [-0.2, 0) is 0 Å². The van der Waals surface area contributed by atoms with E-state index in [0.717, 1.165) is 5.75 Å². The molecule has 0 amide bonds. The monoisotopic (exact) mass is 124 g/mol. The molecule has 0 aromatic heterocycles. The molecule has 0 aliphatic heterocycles. The highest BCUT2D eigenvalue weighted by molar-refractivity contribution is 5.27. The van der Waals surface area contributed by atoms with Crippen LogP contribution in [0.25, 0.3) is 0 Å². The third-order valence-electron chi connectivity index (χ3n) is 1.23. The van der Waals surface area contributed by atoms with Crippen LogP contribution in [0.4, 0.5) is 0 Å². The first-order chi connectivity index (χ1) is 4.33. The van der Waals surface area contributed by atoms with Gasteiger partial charge < -0.3 is 4.74 Å². The summed E-state index contributed by atoms with van der Waals surface area (Å²) in [6.45, 7) is 2.04. The van der Waals surface area contributed by atoms with Gasteiger partial charge in [0.1, 0.15) is 5.75 Å². The smallest absolute Gasteiger partial charge is 0.119 e. The Morgan fingerprint density at radius 2 is 2.22 bits per heavy atom. The average Bonchev–Trinajstić information content (AvgIpc) is 1.88. The highest BCUT2D eigenvalue weighted by Crippen LogP contribution is 2.10. The van der Waals surface area contributed by atoms with Crippen molar-refractivity contribution >= 4 is 0 Å². The molecule has 0 saturated carbocycles. The van der Waals surface area contributed by atoms with Crippen molar-refractivity contribution in [3.63, 3.8) is 0 Å². The zero-order chi connectivity index (χ0) is 6.69.